The molecule has 0 atom stereocenters. The number of aliphatic carboxylic acids is 1. The van der Waals surface area contributed by atoms with E-state index in [0.717, 1.165) is 36.8 Å². The Morgan fingerprint density at radius 1 is 1.03 bits per heavy atom. The fraction of sp³-hybridized carbons (Fsp3) is 0.464. The highest BCUT2D eigenvalue weighted by Crippen LogP contribution is 2.44. The lowest BCUT2D eigenvalue weighted by atomic mass is 9.92. The van der Waals surface area contributed by atoms with Gasteiger partial charge in [-0.05, 0) is 48.4 Å². The van der Waals surface area contributed by atoms with Gasteiger partial charge in [-0.15, -0.1) is 0 Å². The van der Waals surface area contributed by atoms with Gasteiger partial charge in [0.2, 0.25) is 5.91 Å². The Hall–Kier alpha value is -3.35. The predicted octanol–water partition coefficient (Wildman–Crippen LogP) is 4.94. The second-order valence-electron chi connectivity index (χ2n) is 9.59. The molecule has 2 aliphatic rings. The molecule has 2 aromatic rings. The number of nitrogens with zero attached hydrogens (tertiary/aromatic N) is 1. The van der Waals surface area contributed by atoms with E-state index in [-0.39, 0.29) is 31.3 Å². The number of nitrogens with one attached hydrogen (secondary N) is 1. The molecule has 0 aromatic heterocycles. The molecule has 7 nitrogen and oxygen atoms in total. The van der Waals surface area contributed by atoms with Crippen LogP contribution in [0.25, 0.3) is 11.1 Å². The van der Waals surface area contributed by atoms with E-state index >= 15 is 0 Å². The molecule has 1 fully saturated rings. The number of carbonyl (C=O) groups excluding carboxylic acids is 2. The zero-order chi connectivity index (χ0) is 24.8. The Morgan fingerprint density at radius 2 is 1.63 bits per heavy atom. The Kier molecular flexibility index (Phi) is 7.73. The smallest absolute Gasteiger partial charge is 0.407 e. The number of ether oxygens (including phenoxy) is 1. The fourth-order valence-corrected chi connectivity index (χ4v) is 5.53. The minimum absolute atomic E-state index is 0.0147. The fourth-order valence-electron chi connectivity index (χ4n) is 5.53. The van der Waals surface area contributed by atoms with Gasteiger partial charge < -0.3 is 20.1 Å². The SMILES string of the molecule is CCN(CCCC(=O)O)C(=O)CC1(NC(=O)OCC2c3ccccc3-c3ccccc32)CCCC1. The van der Waals surface area contributed by atoms with Crippen LogP contribution in [0.4, 0.5) is 4.79 Å². The summed E-state index contributed by atoms with van der Waals surface area (Å²) in [6.07, 6.45) is 3.53. The lowest BCUT2D eigenvalue weighted by Crippen LogP contribution is -2.50. The highest BCUT2D eigenvalue weighted by atomic mass is 16.5. The van der Waals surface area contributed by atoms with Crippen LogP contribution in [0.15, 0.2) is 48.5 Å². The first-order valence-corrected chi connectivity index (χ1v) is 12.6. The number of carboxylic acids is 1. The lowest BCUT2D eigenvalue weighted by molar-refractivity contribution is -0.138. The van der Waals surface area contributed by atoms with E-state index in [1.165, 1.54) is 11.1 Å². The van der Waals surface area contributed by atoms with Crippen molar-refractivity contribution in [1.29, 1.82) is 0 Å². The standard InChI is InChI=1S/C28H34N2O5/c1-2-30(17-9-14-26(32)33)25(31)18-28(15-7-8-16-28)29-27(34)35-19-24-22-12-5-3-10-20(22)21-11-4-6-13-23(21)24/h3-6,10-13,24H,2,7-9,14-19H2,1H3,(H,29,34)(H,32,33). The van der Waals surface area contributed by atoms with Crippen LogP contribution in [0.3, 0.4) is 0 Å². The van der Waals surface area contributed by atoms with Crippen molar-refractivity contribution in [2.24, 2.45) is 0 Å². The van der Waals surface area contributed by atoms with Gasteiger partial charge in [-0.2, -0.15) is 0 Å². The Bertz CT molecular complexity index is 1030. The first-order valence-electron chi connectivity index (χ1n) is 12.6. The quantitative estimate of drug-likeness (QED) is 0.504. The molecular formula is C28H34N2O5. The summed E-state index contributed by atoms with van der Waals surface area (Å²) >= 11 is 0. The molecule has 7 heteroatoms. The second-order valence-corrected chi connectivity index (χ2v) is 9.59. The summed E-state index contributed by atoms with van der Waals surface area (Å²) in [7, 11) is 0. The molecular weight excluding hydrogens is 444 g/mol. The molecule has 2 amide bonds. The van der Waals surface area contributed by atoms with Crippen molar-refractivity contribution in [3.05, 3.63) is 59.7 Å². The molecule has 35 heavy (non-hydrogen) atoms. The number of benzene rings is 2. The maximum atomic E-state index is 13.0. The van der Waals surface area contributed by atoms with E-state index in [4.69, 9.17) is 9.84 Å². The molecule has 0 heterocycles. The molecule has 1 saturated carbocycles. The van der Waals surface area contributed by atoms with Gasteiger partial charge in [0, 0.05) is 25.4 Å². The summed E-state index contributed by atoms with van der Waals surface area (Å²) in [5.41, 5.74) is 4.06. The first-order chi connectivity index (χ1) is 16.9. The zero-order valence-corrected chi connectivity index (χ0v) is 20.3. The van der Waals surface area contributed by atoms with Gasteiger partial charge >= 0.3 is 12.1 Å². The van der Waals surface area contributed by atoms with Crippen molar-refractivity contribution in [3.63, 3.8) is 0 Å². The second kappa shape index (κ2) is 10.9. The van der Waals surface area contributed by atoms with E-state index < -0.39 is 17.6 Å². The van der Waals surface area contributed by atoms with Crippen LogP contribution in [-0.2, 0) is 14.3 Å². The molecule has 0 bridgehead atoms. The van der Waals surface area contributed by atoms with Crippen LogP contribution >= 0.6 is 0 Å². The molecule has 2 N–H and O–H groups in total. The number of amides is 2. The third kappa shape index (κ3) is 5.66. The van der Waals surface area contributed by atoms with Gasteiger partial charge in [-0.1, -0.05) is 61.4 Å². The highest BCUT2D eigenvalue weighted by molar-refractivity contribution is 5.80. The van der Waals surface area contributed by atoms with Crippen LogP contribution < -0.4 is 5.32 Å². The highest BCUT2D eigenvalue weighted by Gasteiger charge is 2.39. The van der Waals surface area contributed by atoms with Crippen molar-refractivity contribution in [1.82, 2.24) is 10.2 Å². The number of rotatable bonds is 10. The minimum Gasteiger partial charge on any atom is -0.481 e. The number of hydrogen-bond donors (Lipinski definition) is 2. The summed E-state index contributed by atoms with van der Waals surface area (Å²) in [6, 6.07) is 16.4. The lowest BCUT2D eigenvalue weighted by Gasteiger charge is -2.32. The van der Waals surface area contributed by atoms with E-state index in [9.17, 15) is 14.4 Å². The molecule has 2 aromatic carbocycles. The first kappa shape index (κ1) is 24.8. The van der Waals surface area contributed by atoms with Gasteiger partial charge in [0.1, 0.15) is 6.61 Å². The molecule has 2 aliphatic carbocycles. The van der Waals surface area contributed by atoms with Crippen molar-refractivity contribution in [2.75, 3.05) is 19.7 Å². The van der Waals surface area contributed by atoms with Gasteiger partial charge in [0.05, 0.1) is 12.0 Å². The number of hydrogen-bond acceptors (Lipinski definition) is 4. The Morgan fingerprint density at radius 3 is 2.20 bits per heavy atom. The van der Waals surface area contributed by atoms with Crippen LogP contribution in [0.5, 0.6) is 0 Å². The molecule has 0 spiro atoms. The Labute approximate surface area is 206 Å². The van der Waals surface area contributed by atoms with Crippen LogP contribution in [-0.4, -0.2) is 53.2 Å². The van der Waals surface area contributed by atoms with Crippen molar-refractivity contribution in [3.8, 4) is 11.1 Å². The molecule has 0 saturated heterocycles. The molecule has 4 rings (SSSR count). The van der Waals surface area contributed by atoms with Crippen LogP contribution in [0.2, 0.25) is 0 Å². The van der Waals surface area contributed by atoms with Crippen molar-refractivity contribution < 1.29 is 24.2 Å². The average Bonchev–Trinajstić information content (AvgIpc) is 3.42. The van der Waals surface area contributed by atoms with Gasteiger partial charge in [-0.3, -0.25) is 9.59 Å². The largest absolute Gasteiger partial charge is 0.481 e. The monoisotopic (exact) mass is 478 g/mol. The van der Waals surface area contributed by atoms with Gasteiger partial charge in [-0.25, -0.2) is 4.79 Å². The molecule has 0 aliphatic heterocycles. The van der Waals surface area contributed by atoms with Gasteiger partial charge in [0.15, 0.2) is 0 Å². The number of carbonyl (C=O) groups is 3. The van der Waals surface area contributed by atoms with Crippen LogP contribution in [0, 0.1) is 0 Å². The summed E-state index contributed by atoms with van der Waals surface area (Å²) < 4.78 is 5.75. The third-order valence-electron chi connectivity index (χ3n) is 7.31. The summed E-state index contributed by atoms with van der Waals surface area (Å²) in [6.45, 7) is 3.04. The average molecular weight is 479 g/mol. The molecule has 186 valence electrons. The van der Waals surface area contributed by atoms with E-state index in [2.05, 4.69) is 29.6 Å². The summed E-state index contributed by atoms with van der Waals surface area (Å²) in [5, 5.41) is 11.9. The summed E-state index contributed by atoms with van der Waals surface area (Å²) in [4.78, 5) is 38.5. The van der Waals surface area contributed by atoms with E-state index in [1.807, 2.05) is 31.2 Å². The predicted molar refractivity (Wildman–Crippen MR) is 133 cm³/mol. The maximum absolute atomic E-state index is 13.0. The molecule has 0 radical (unpaired) electrons. The molecule has 0 unspecified atom stereocenters. The van der Waals surface area contributed by atoms with E-state index in [0.29, 0.717) is 19.5 Å². The van der Waals surface area contributed by atoms with Gasteiger partial charge in [0.25, 0.3) is 0 Å². The number of carboxylic acid groups (broad SMARTS) is 1. The normalized spacial score (nSPS) is 15.8. The minimum atomic E-state index is -0.863. The van der Waals surface area contributed by atoms with E-state index in [1.54, 1.807) is 4.90 Å². The number of fused-ring (bicyclic) bond motifs is 3. The van der Waals surface area contributed by atoms with Crippen molar-refractivity contribution >= 4 is 18.0 Å². The van der Waals surface area contributed by atoms with Crippen LogP contribution in [0.1, 0.15) is 68.9 Å². The topological polar surface area (TPSA) is 95.9 Å². The number of alkyl carbamates (subject to hydrolysis) is 1. The van der Waals surface area contributed by atoms with Crippen molar-refractivity contribution in [2.45, 2.75) is 63.3 Å². The maximum Gasteiger partial charge on any atom is 0.407 e. The Balaban J connectivity index is 1.38. The summed E-state index contributed by atoms with van der Waals surface area (Å²) in [5.74, 6) is -0.935. The third-order valence-corrected chi connectivity index (χ3v) is 7.31. The zero-order valence-electron chi connectivity index (χ0n) is 20.3.